The molecule has 30 heavy (non-hydrogen) atoms. The van der Waals surface area contributed by atoms with Crippen molar-refractivity contribution in [2.24, 2.45) is 0 Å². The number of fused-ring (bicyclic) bond motifs is 1. The second-order valence-corrected chi connectivity index (χ2v) is 8.45. The van der Waals surface area contributed by atoms with Crippen LogP contribution in [-0.4, -0.2) is 48.1 Å². The number of nitrogens with one attached hydrogen (secondary N) is 1. The molecule has 0 radical (unpaired) electrons. The van der Waals surface area contributed by atoms with E-state index in [4.69, 9.17) is 4.98 Å². The molecule has 0 bridgehead atoms. The van der Waals surface area contributed by atoms with Crippen molar-refractivity contribution >= 4 is 21.6 Å². The van der Waals surface area contributed by atoms with E-state index in [1.165, 1.54) is 11.3 Å². The maximum absolute atomic E-state index is 12.9. The zero-order valence-corrected chi connectivity index (χ0v) is 17.2. The highest BCUT2D eigenvalue weighted by atomic mass is 32.1. The molecule has 0 spiro atoms. The van der Waals surface area contributed by atoms with Gasteiger partial charge < -0.3 is 10.1 Å². The number of benzene rings is 1. The molecule has 1 saturated heterocycles. The van der Waals surface area contributed by atoms with Crippen molar-refractivity contribution in [1.29, 1.82) is 0 Å². The Bertz CT molecular complexity index is 1220. The summed E-state index contributed by atoms with van der Waals surface area (Å²) in [6.07, 6.45) is 3.85. The van der Waals surface area contributed by atoms with Crippen LogP contribution in [-0.2, 0) is 13.2 Å². The summed E-state index contributed by atoms with van der Waals surface area (Å²) in [5.41, 5.74) is 2.44. The Morgan fingerprint density at radius 2 is 2.13 bits per heavy atom. The Morgan fingerprint density at radius 3 is 2.93 bits per heavy atom. The summed E-state index contributed by atoms with van der Waals surface area (Å²) in [4.78, 5) is 23.7. The number of hydrogen-bond donors (Lipinski definition) is 2. The third kappa shape index (κ3) is 3.67. The number of likely N-dealkylation sites (tertiary alicyclic amines) is 1. The van der Waals surface area contributed by atoms with Crippen LogP contribution in [0.4, 0.5) is 0 Å². The van der Waals surface area contributed by atoms with Crippen molar-refractivity contribution in [3.63, 3.8) is 0 Å². The monoisotopic (exact) mass is 422 g/mol. The first kappa shape index (κ1) is 19.1. The van der Waals surface area contributed by atoms with Gasteiger partial charge in [0.1, 0.15) is 16.3 Å². The number of aromatic nitrogens is 5. The third-order valence-corrected chi connectivity index (χ3v) is 6.40. The molecule has 1 aliphatic heterocycles. The molecular weight excluding hydrogens is 400 g/mol. The molecule has 4 heterocycles. The Morgan fingerprint density at radius 1 is 1.27 bits per heavy atom. The number of nitrogens with zero attached hydrogens (tertiary/aromatic N) is 5. The minimum atomic E-state index is -0.104. The molecule has 1 fully saturated rings. The first-order chi connectivity index (χ1) is 14.7. The largest absolute Gasteiger partial charge is 0.390 e. The summed E-state index contributed by atoms with van der Waals surface area (Å²) in [5, 5.41) is 20.0. The Hall–Kier alpha value is -2.88. The van der Waals surface area contributed by atoms with Gasteiger partial charge in [-0.25, -0.2) is 9.67 Å². The number of rotatable bonds is 5. The van der Waals surface area contributed by atoms with Gasteiger partial charge in [0.25, 0.3) is 5.56 Å². The van der Waals surface area contributed by atoms with Crippen LogP contribution in [0.3, 0.4) is 0 Å². The van der Waals surface area contributed by atoms with Crippen LogP contribution in [0.25, 0.3) is 21.3 Å². The lowest BCUT2D eigenvalue weighted by Crippen LogP contribution is -2.37. The van der Waals surface area contributed by atoms with Crippen LogP contribution in [0.1, 0.15) is 30.4 Å². The first-order valence-corrected chi connectivity index (χ1v) is 10.9. The summed E-state index contributed by atoms with van der Waals surface area (Å²) in [5.74, 6) is 0.684. The molecular formula is C21H22N6O2S. The number of aliphatic hydroxyl groups is 1. The second-order valence-electron chi connectivity index (χ2n) is 7.59. The highest BCUT2D eigenvalue weighted by molar-refractivity contribution is 7.17. The summed E-state index contributed by atoms with van der Waals surface area (Å²) >= 11 is 1.51. The van der Waals surface area contributed by atoms with Gasteiger partial charge in [-0.2, -0.15) is 0 Å². The van der Waals surface area contributed by atoms with Crippen LogP contribution in [0.2, 0.25) is 0 Å². The van der Waals surface area contributed by atoms with Gasteiger partial charge in [-0.3, -0.25) is 9.69 Å². The Kier molecular flexibility index (Phi) is 5.16. The highest BCUT2D eigenvalue weighted by Crippen LogP contribution is 2.30. The molecule has 4 aromatic rings. The lowest BCUT2D eigenvalue weighted by atomic mass is 10.1. The maximum Gasteiger partial charge on any atom is 0.260 e. The number of thiophene rings is 1. The van der Waals surface area contributed by atoms with Gasteiger partial charge >= 0.3 is 0 Å². The number of piperidine rings is 1. The minimum absolute atomic E-state index is 0.0903. The fourth-order valence-electron chi connectivity index (χ4n) is 4.07. The molecule has 8 nitrogen and oxygen atoms in total. The van der Waals surface area contributed by atoms with Crippen LogP contribution in [0.5, 0.6) is 0 Å². The summed E-state index contributed by atoms with van der Waals surface area (Å²) in [6, 6.07) is 10.1. The fourth-order valence-corrected chi connectivity index (χ4v) is 5.03. The summed E-state index contributed by atoms with van der Waals surface area (Å²) in [7, 11) is 0. The maximum atomic E-state index is 12.9. The van der Waals surface area contributed by atoms with E-state index < -0.39 is 0 Å². The van der Waals surface area contributed by atoms with Crippen LogP contribution >= 0.6 is 11.3 Å². The number of aromatic amines is 1. The molecule has 9 heteroatoms. The van der Waals surface area contributed by atoms with E-state index in [1.54, 1.807) is 6.20 Å². The van der Waals surface area contributed by atoms with Gasteiger partial charge in [0.2, 0.25) is 0 Å². The predicted molar refractivity (Wildman–Crippen MR) is 115 cm³/mol. The fraction of sp³-hybridized carbons (Fsp3) is 0.333. The topological polar surface area (TPSA) is 99.9 Å². The quantitative estimate of drug-likeness (QED) is 0.513. The van der Waals surface area contributed by atoms with Crippen LogP contribution in [0, 0.1) is 0 Å². The van der Waals surface area contributed by atoms with Crippen LogP contribution < -0.4 is 5.56 Å². The molecule has 1 atom stereocenters. The van der Waals surface area contributed by atoms with Crippen molar-refractivity contribution in [2.45, 2.75) is 32.0 Å². The third-order valence-electron chi connectivity index (χ3n) is 5.53. The first-order valence-electron chi connectivity index (χ1n) is 10.0. The average Bonchev–Trinajstić information content (AvgIpc) is 3.42. The molecule has 0 amide bonds. The standard InChI is InChI=1S/C21H22N6O2S/c28-12-15-9-27(25-24-15)16-7-4-8-26(10-16)11-18-22-20(29)19-17(13-30-21(19)23-18)14-5-2-1-3-6-14/h1-3,5-6,9,13,16,28H,4,7-8,10-12H2,(H,22,23,29). The highest BCUT2D eigenvalue weighted by Gasteiger charge is 2.23. The molecule has 1 aliphatic rings. The zero-order chi connectivity index (χ0) is 20.5. The molecule has 0 aliphatic carbocycles. The van der Waals surface area contributed by atoms with E-state index in [1.807, 2.05) is 40.4 Å². The van der Waals surface area contributed by atoms with Crippen molar-refractivity contribution in [1.82, 2.24) is 29.9 Å². The summed E-state index contributed by atoms with van der Waals surface area (Å²) in [6.45, 7) is 2.23. The van der Waals surface area contributed by atoms with Gasteiger partial charge in [0.05, 0.1) is 30.8 Å². The Labute approximate surface area is 176 Å². The van der Waals surface area contributed by atoms with E-state index in [0.29, 0.717) is 23.4 Å². The van der Waals surface area contributed by atoms with Crippen molar-refractivity contribution < 1.29 is 5.11 Å². The molecule has 2 N–H and O–H groups in total. The lowest BCUT2D eigenvalue weighted by molar-refractivity contribution is 0.158. The average molecular weight is 423 g/mol. The van der Waals surface area contributed by atoms with Gasteiger partial charge in [0.15, 0.2) is 0 Å². The van der Waals surface area contributed by atoms with Crippen molar-refractivity contribution in [3.05, 3.63) is 63.8 Å². The van der Waals surface area contributed by atoms with Gasteiger partial charge in [0, 0.05) is 17.5 Å². The van der Waals surface area contributed by atoms with E-state index in [-0.39, 0.29) is 18.2 Å². The van der Waals surface area contributed by atoms with E-state index >= 15 is 0 Å². The van der Waals surface area contributed by atoms with Gasteiger partial charge in [-0.15, -0.1) is 16.4 Å². The number of aliphatic hydroxyl groups excluding tert-OH is 1. The van der Waals surface area contributed by atoms with Gasteiger partial charge in [-0.1, -0.05) is 35.5 Å². The van der Waals surface area contributed by atoms with Crippen molar-refractivity contribution in [2.75, 3.05) is 13.1 Å². The smallest absolute Gasteiger partial charge is 0.260 e. The molecule has 154 valence electrons. The molecule has 1 unspecified atom stereocenters. The van der Waals surface area contributed by atoms with E-state index in [2.05, 4.69) is 20.2 Å². The number of H-pyrrole nitrogens is 1. The number of hydrogen-bond acceptors (Lipinski definition) is 7. The normalized spacial score (nSPS) is 17.6. The van der Waals surface area contributed by atoms with Crippen molar-refractivity contribution in [3.8, 4) is 11.1 Å². The summed E-state index contributed by atoms with van der Waals surface area (Å²) < 4.78 is 1.84. The predicted octanol–water partition coefficient (Wildman–Crippen LogP) is 2.57. The SMILES string of the molecule is O=c1[nH]c(CN2CCCC(n3cc(CO)nn3)C2)nc2scc(-c3ccccc3)c12. The zero-order valence-electron chi connectivity index (χ0n) is 16.4. The van der Waals surface area contributed by atoms with Gasteiger partial charge in [-0.05, 0) is 24.9 Å². The molecule has 1 aromatic carbocycles. The van der Waals surface area contributed by atoms with E-state index in [0.717, 1.165) is 41.9 Å². The molecule has 5 rings (SSSR count). The molecule has 0 saturated carbocycles. The Balaban J connectivity index is 1.37. The second kappa shape index (κ2) is 8.10. The van der Waals surface area contributed by atoms with E-state index in [9.17, 15) is 9.90 Å². The van der Waals surface area contributed by atoms with Crippen LogP contribution in [0.15, 0.2) is 46.7 Å². The minimum Gasteiger partial charge on any atom is -0.390 e. The lowest BCUT2D eigenvalue weighted by Gasteiger charge is -2.32. The molecule has 3 aromatic heterocycles.